The Hall–Kier alpha value is -4.17. The Morgan fingerprint density at radius 2 is 1.71 bits per heavy atom. The van der Waals surface area contributed by atoms with Crippen molar-refractivity contribution in [3.05, 3.63) is 89.0 Å². The van der Waals surface area contributed by atoms with Crippen molar-refractivity contribution >= 4 is 44.1 Å². The van der Waals surface area contributed by atoms with Crippen molar-refractivity contribution in [2.24, 2.45) is 0 Å². The second kappa shape index (κ2) is 8.88. The number of fused-ring (bicyclic) bond motifs is 1. The van der Waals surface area contributed by atoms with Crippen molar-refractivity contribution in [1.29, 1.82) is 0 Å². The first-order valence-electron chi connectivity index (χ1n) is 10.9. The van der Waals surface area contributed by atoms with Gasteiger partial charge < -0.3 is 14.6 Å². The molecule has 3 aromatic carbocycles. The van der Waals surface area contributed by atoms with Gasteiger partial charge in [0.2, 0.25) is 0 Å². The molecule has 1 aliphatic heterocycles. The first kappa shape index (κ1) is 22.6. The summed E-state index contributed by atoms with van der Waals surface area (Å²) in [6.45, 7) is 1.98. The molecule has 2 heterocycles. The third-order valence-corrected chi connectivity index (χ3v) is 6.97. The predicted octanol–water partition coefficient (Wildman–Crippen LogP) is 5.25. The molecule has 4 aromatic rings. The molecule has 7 nitrogen and oxygen atoms in total. The third kappa shape index (κ3) is 3.91. The number of aromatic nitrogens is 1. The van der Waals surface area contributed by atoms with Gasteiger partial charge in [0.25, 0.3) is 5.78 Å². The summed E-state index contributed by atoms with van der Waals surface area (Å²) in [4.78, 5) is 32.7. The van der Waals surface area contributed by atoms with Gasteiger partial charge in [-0.1, -0.05) is 29.5 Å². The highest BCUT2D eigenvalue weighted by atomic mass is 32.1. The molecule has 0 unspecified atom stereocenters. The van der Waals surface area contributed by atoms with Gasteiger partial charge >= 0.3 is 5.91 Å². The second-order valence-electron chi connectivity index (χ2n) is 8.14. The molecule has 1 aromatic heterocycles. The van der Waals surface area contributed by atoms with E-state index >= 15 is 0 Å². The molecule has 1 N–H and O–H groups in total. The highest BCUT2D eigenvalue weighted by molar-refractivity contribution is 7.22. The largest absolute Gasteiger partial charge is 0.507 e. The van der Waals surface area contributed by atoms with Crippen LogP contribution in [0.4, 0.5) is 5.13 Å². The Bertz CT molecular complexity index is 1490. The van der Waals surface area contributed by atoms with Gasteiger partial charge in [-0.05, 0) is 66.6 Å². The number of aliphatic hydroxyl groups is 1. The zero-order chi connectivity index (χ0) is 24.7. The number of hydrogen-bond acceptors (Lipinski definition) is 7. The molecule has 1 atom stereocenters. The lowest BCUT2D eigenvalue weighted by Crippen LogP contribution is -2.29. The summed E-state index contributed by atoms with van der Waals surface area (Å²) in [7, 11) is 3.09. The molecule has 0 spiro atoms. The molecule has 0 aliphatic carbocycles. The minimum Gasteiger partial charge on any atom is -0.507 e. The average Bonchev–Trinajstić information content (AvgIpc) is 3.41. The highest BCUT2D eigenvalue weighted by Gasteiger charge is 2.48. The quantitative estimate of drug-likeness (QED) is 0.236. The molecular weight excluding hydrogens is 464 g/mol. The number of ketones is 1. The van der Waals surface area contributed by atoms with Gasteiger partial charge in [0, 0.05) is 5.56 Å². The number of anilines is 1. The number of methoxy groups -OCH3 is 2. The summed E-state index contributed by atoms with van der Waals surface area (Å²) >= 11 is 1.33. The first-order valence-corrected chi connectivity index (χ1v) is 11.7. The normalized spacial score (nSPS) is 17.2. The van der Waals surface area contributed by atoms with Crippen molar-refractivity contribution < 1.29 is 24.2 Å². The van der Waals surface area contributed by atoms with Crippen LogP contribution in [0.3, 0.4) is 0 Å². The van der Waals surface area contributed by atoms with Crippen LogP contribution in [0.1, 0.15) is 22.7 Å². The van der Waals surface area contributed by atoms with E-state index in [-0.39, 0.29) is 11.3 Å². The number of amides is 1. The van der Waals surface area contributed by atoms with Crippen LogP contribution in [0, 0.1) is 6.92 Å². The van der Waals surface area contributed by atoms with Crippen molar-refractivity contribution in [1.82, 2.24) is 4.98 Å². The summed E-state index contributed by atoms with van der Waals surface area (Å²) in [5.74, 6) is -0.614. The molecular formula is C27H22N2O5S. The van der Waals surface area contributed by atoms with E-state index in [1.165, 1.54) is 16.2 Å². The van der Waals surface area contributed by atoms with Crippen molar-refractivity contribution in [2.75, 3.05) is 19.1 Å². The summed E-state index contributed by atoms with van der Waals surface area (Å²) in [6.07, 6.45) is 0. The molecule has 8 heteroatoms. The van der Waals surface area contributed by atoms with Gasteiger partial charge in [-0.3, -0.25) is 14.5 Å². The van der Waals surface area contributed by atoms with Gasteiger partial charge in [-0.15, -0.1) is 0 Å². The molecule has 0 bridgehead atoms. The number of aliphatic hydroxyl groups excluding tert-OH is 1. The Labute approximate surface area is 205 Å². The van der Waals surface area contributed by atoms with E-state index < -0.39 is 17.7 Å². The van der Waals surface area contributed by atoms with Crippen LogP contribution in [0.5, 0.6) is 11.5 Å². The van der Waals surface area contributed by atoms with E-state index in [2.05, 4.69) is 4.98 Å². The topological polar surface area (TPSA) is 89.0 Å². The van der Waals surface area contributed by atoms with Gasteiger partial charge in [0.1, 0.15) is 17.3 Å². The zero-order valence-corrected chi connectivity index (χ0v) is 20.1. The fraction of sp³-hybridized carbons (Fsp3) is 0.148. The van der Waals surface area contributed by atoms with Crippen LogP contribution in [0.15, 0.2) is 72.3 Å². The van der Waals surface area contributed by atoms with Crippen LogP contribution >= 0.6 is 11.3 Å². The van der Waals surface area contributed by atoms with E-state index in [0.29, 0.717) is 27.8 Å². The lowest BCUT2D eigenvalue weighted by Gasteiger charge is -2.23. The van der Waals surface area contributed by atoms with E-state index in [1.54, 1.807) is 62.8 Å². The van der Waals surface area contributed by atoms with Crippen molar-refractivity contribution in [2.45, 2.75) is 13.0 Å². The molecule has 1 aliphatic rings. The first-order chi connectivity index (χ1) is 16.9. The Morgan fingerprint density at radius 1 is 0.971 bits per heavy atom. The maximum Gasteiger partial charge on any atom is 0.301 e. The molecule has 0 saturated carbocycles. The molecule has 176 valence electrons. The molecule has 1 saturated heterocycles. The number of Topliss-reactive ketones (excluding diaryl/α,β-unsaturated/α-hetero) is 1. The van der Waals surface area contributed by atoms with Gasteiger partial charge in [0.15, 0.2) is 5.13 Å². The predicted molar refractivity (Wildman–Crippen MR) is 135 cm³/mol. The van der Waals surface area contributed by atoms with Crippen molar-refractivity contribution in [3.63, 3.8) is 0 Å². The molecule has 0 radical (unpaired) electrons. The van der Waals surface area contributed by atoms with E-state index in [9.17, 15) is 14.7 Å². The molecule has 5 rings (SSSR count). The smallest absolute Gasteiger partial charge is 0.301 e. The average molecular weight is 487 g/mol. The number of carbonyl (C=O) groups excluding carboxylic acids is 2. The van der Waals surface area contributed by atoms with E-state index in [1.807, 2.05) is 25.1 Å². The SMILES string of the molecule is COc1ccc(/C(O)=C2\C(=O)C(=O)N(c3nc4ccc(C)cc4s3)[C@@H]2c2cccc(OC)c2)cc1. The summed E-state index contributed by atoms with van der Waals surface area (Å²) in [6, 6.07) is 18.7. The van der Waals surface area contributed by atoms with Crippen LogP contribution in [0.25, 0.3) is 16.0 Å². The standard InChI is InChI=1S/C27H22N2O5S/c1-15-7-12-20-21(13-15)35-27(28-20)29-23(17-5-4-6-19(14-17)34-3)22(25(31)26(29)32)24(30)16-8-10-18(33-2)11-9-16/h4-14,23,30H,1-3H3/b24-22+/t23-/m1/s1. The number of carbonyl (C=O) groups is 2. The van der Waals surface area contributed by atoms with Gasteiger partial charge in [-0.25, -0.2) is 4.98 Å². The van der Waals surface area contributed by atoms with Crippen molar-refractivity contribution in [3.8, 4) is 11.5 Å². The lowest BCUT2D eigenvalue weighted by atomic mass is 9.95. The number of benzene rings is 3. The minimum atomic E-state index is -0.881. The van der Waals surface area contributed by atoms with Gasteiger partial charge in [-0.2, -0.15) is 0 Å². The zero-order valence-electron chi connectivity index (χ0n) is 19.3. The van der Waals surface area contributed by atoms with Crippen LogP contribution in [0.2, 0.25) is 0 Å². The maximum atomic E-state index is 13.4. The third-order valence-electron chi connectivity index (χ3n) is 5.96. The molecule has 35 heavy (non-hydrogen) atoms. The number of ether oxygens (including phenoxy) is 2. The minimum absolute atomic E-state index is 0.0103. The fourth-order valence-electron chi connectivity index (χ4n) is 4.18. The maximum absolute atomic E-state index is 13.4. The Morgan fingerprint density at radius 3 is 2.43 bits per heavy atom. The van der Waals surface area contributed by atoms with Crippen LogP contribution < -0.4 is 14.4 Å². The Kier molecular flexibility index (Phi) is 5.74. The number of thiazole rings is 1. The summed E-state index contributed by atoms with van der Waals surface area (Å²) in [5.41, 5.74) is 2.81. The fourth-order valence-corrected chi connectivity index (χ4v) is 5.27. The number of hydrogen-bond donors (Lipinski definition) is 1. The summed E-state index contributed by atoms with van der Waals surface area (Å²) in [5, 5.41) is 11.6. The molecule has 1 fully saturated rings. The number of nitrogens with zero attached hydrogens (tertiary/aromatic N) is 2. The van der Waals surface area contributed by atoms with E-state index in [0.717, 1.165) is 15.8 Å². The van der Waals surface area contributed by atoms with Crippen LogP contribution in [-0.2, 0) is 9.59 Å². The highest BCUT2D eigenvalue weighted by Crippen LogP contribution is 2.45. The van der Waals surface area contributed by atoms with Gasteiger partial charge in [0.05, 0.1) is 36.1 Å². The molecule has 1 amide bonds. The number of aryl methyl sites for hydroxylation is 1. The summed E-state index contributed by atoms with van der Waals surface area (Å²) < 4.78 is 11.5. The number of rotatable bonds is 5. The Balaban J connectivity index is 1.72. The van der Waals surface area contributed by atoms with E-state index in [4.69, 9.17) is 9.47 Å². The monoisotopic (exact) mass is 486 g/mol. The second-order valence-corrected chi connectivity index (χ2v) is 9.15. The lowest BCUT2D eigenvalue weighted by molar-refractivity contribution is -0.132. The van der Waals surface area contributed by atoms with Crippen LogP contribution in [-0.4, -0.2) is 36.0 Å².